The van der Waals surface area contributed by atoms with Gasteiger partial charge >= 0.3 is 0 Å². The van der Waals surface area contributed by atoms with E-state index in [1.165, 1.54) is 11.3 Å². The quantitative estimate of drug-likeness (QED) is 0.726. The van der Waals surface area contributed by atoms with Gasteiger partial charge < -0.3 is 4.74 Å². The number of ether oxygens (including phenoxy) is 1. The van der Waals surface area contributed by atoms with Crippen molar-refractivity contribution in [3.05, 3.63) is 48.0 Å². The number of aromatic nitrogens is 1. The first-order chi connectivity index (χ1) is 10.7. The predicted octanol–water partition coefficient (Wildman–Crippen LogP) is 4.28. The minimum Gasteiger partial charge on any atom is -0.496 e. The molecule has 0 saturated heterocycles. The summed E-state index contributed by atoms with van der Waals surface area (Å²) in [6.07, 6.45) is 1.98. The summed E-state index contributed by atoms with van der Waals surface area (Å²) in [5, 5.41) is 3.43. The summed E-state index contributed by atoms with van der Waals surface area (Å²) in [5.41, 5.74) is 1.38. The monoisotopic (exact) mass is 330 g/mol. The topological polar surface area (TPSA) is 51.2 Å². The van der Waals surface area contributed by atoms with Gasteiger partial charge in [-0.3, -0.25) is 10.1 Å². The molecule has 0 unspecified atom stereocenters. The third-order valence-electron chi connectivity index (χ3n) is 3.17. The van der Waals surface area contributed by atoms with E-state index in [-0.39, 0.29) is 5.91 Å². The molecule has 1 aromatic heterocycles. The Morgan fingerprint density at radius 3 is 2.82 bits per heavy atom. The van der Waals surface area contributed by atoms with E-state index in [4.69, 9.17) is 4.74 Å². The van der Waals surface area contributed by atoms with Crippen LogP contribution in [0.15, 0.2) is 47.4 Å². The van der Waals surface area contributed by atoms with Crippen molar-refractivity contribution < 1.29 is 9.53 Å². The van der Waals surface area contributed by atoms with Crippen molar-refractivity contribution in [2.24, 2.45) is 0 Å². The fourth-order valence-electron chi connectivity index (χ4n) is 2.08. The predicted molar refractivity (Wildman–Crippen MR) is 92.3 cm³/mol. The minimum atomic E-state index is -0.219. The van der Waals surface area contributed by atoms with E-state index >= 15 is 0 Å². The smallest absolute Gasteiger partial charge is 0.261 e. The minimum absolute atomic E-state index is 0.219. The van der Waals surface area contributed by atoms with Gasteiger partial charge in [-0.1, -0.05) is 23.5 Å². The number of nitrogens with one attached hydrogen (secondary N) is 1. The van der Waals surface area contributed by atoms with Crippen LogP contribution in [0.2, 0.25) is 0 Å². The van der Waals surface area contributed by atoms with Crippen molar-refractivity contribution in [1.29, 1.82) is 0 Å². The molecule has 0 radical (unpaired) electrons. The Labute approximate surface area is 136 Å². The van der Waals surface area contributed by atoms with Crippen LogP contribution in [0.5, 0.6) is 5.75 Å². The van der Waals surface area contributed by atoms with Gasteiger partial charge in [0.25, 0.3) is 5.91 Å². The van der Waals surface area contributed by atoms with Crippen molar-refractivity contribution >= 4 is 44.4 Å². The fourth-order valence-corrected chi connectivity index (χ4v) is 3.37. The number of para-hydroxylation sites is 1. The second-order valence-corrected chi connectivity index (χ2v) is 6.42. The van der Waals surface area contributed by atoms with E-state index in [2.05, 4.69) is 10.3 Å². The first kappa shape index (κ1) is 14.9. The zero-order chi connectivity index (χ0) is 15.5. The van der Waals surface area contributed by atoms with Gasteiger partial charge in [0.05, 0.1) is 22.9 Å². The number of anilines is 1. The summed E-state index contributed by atoms with van der Waals surface area (Å²) in [7, 11) is 1.56. The molecular formula is C16H14N2O2S2. The van der Waals surface area contributed by atoms with Crippen LogP contribution in [0.3, 0.4) is 0 Å². The van der Waals surface area contributed by atoms with Crippen LogP contribution in [-0.4, -0.2) is 24.3 Å². The van der Waals surface area contributed by atoms with E-state index < -0.39 is 0 Å². The number of thiazole rings is 1. The van der Waals surface area contributed by atoms with Gasteiger partial charge in [-0.15, -0.1) is 11.8 Å². The van der Waals surface area contributed by atoms with Gasteiger partial charge in [0.15, 0.2) is 5.13 Å². The third kappa shape index (κ3) is 2.93. The maximum atomic E-state index is 12.4. The van der Waals surface area contributed by atoms with Crippen molar-refractivity contribution in [2.75, 3.05) is 18.7 Å². The van der Waals surface area contributed by atoms with Crippen LogP contribution in [0.25, 0.3) is 10.2 Å². The summed E-state index contributed by atoms with van der Waals surface area (Å²) in [6.45, 7) is 0. The molecule has 1 heterocycles. The summed E-state index contributed by atoms with van der Waals surface area (Å²) in [6, 6.07) is 13.3. The van der Waals surface area contributed by atoms with Crippen LogP contribution >= 0.6 is 23.1 Å². The number of hydrogen-bond donors (Lipinski definition) is 1. The van der Waals surface area contributed by atoms with E-state index in [1.807, 2.05) is 42.7 Å². The molecule has 112 valence electrons. The second kappa shape index (κ2) is 6.37. The maximum Gasteiger partial charge on any atom is 0.261 e. The van der Waals surface area contributed by atoms with E-state index in [9.17, 15) is 4.79 Å². The standard InChI is InChI=1S/C16H14N2O2S2/c1-20-13-9-10(21-2)7-8-11(13)15(19)18-16-17-12-5-3-4-6-14(12)22-16/h3-9H,1-2H3,(H,17,18,19). The van der Waals surface area contributed by atoms with Crippen LogP contribution < -0.4 is 10.1 Å². The van der Waals surface area contributed by atoms with Crippen molar-refractivity contribution in [3.8, 4) is 5.75 Å². The highest BCUT2D eigenvalue weighted by molar-refractivity contribution is 7.98. The lowest BCUT2D eigenvalue weighted by atomic mass is 10.2. The molecule has 0 aliphatic carbocycles. The van der Waals surface area contributed by atoms with E-state index in [1.54, 1.807) is 24.9 Å². The molecule has 0 bridgehead atoms. The molecule has 2 aromatic carbocycles. The van der Waals surface area contributed by atoms with Gasteiger partial charge in [-0.2, -0.15) is 0 Å². The molecule has 0 aliphatic heterocycles. The number of fused-ring (bicyclic) bond motifs is 1. The Morgan fingerprint density at radius 1 is 1.27 bits per heavy atom. The Balaban J connectivity index is 1.87. The van der Waals surface area contributed by atoms with Gasteiger partial charge in [-0.05, 0) is 36.6 Å². The fraction of sp³-hybridized carbons (Fsp3) is 0.125. The Hall–Kier alpha value is -2.05. The molecule has 4 nitrogen and oxygen atoms in total. The summed E-state index contributed by atoms with van der Waals surface area (Å²) >= 11 is 3.06. The Bertz CT molecular complexity index is 797. The number of rotatable bonds is 4. The Kier molecular flexibility index (Phi) is 4.31. The number of hydrogen-bond acceptors (Lipinski definition) is 5. The van der Waals surface area contributed by atoms with Crippen LogP contribution in [0, 0.1) is 0 Å². The zero-order valence-electron chi connectivity index (χ0n) is 12.1. The van der Waals surface area contributed by atoms with Crippen LogP contribution in [0.1, 0.15) is 10.4 Å². The number of methoxy groups -OCH3 is 1. The largest absolute Gasteiger partial charge is 0.496 e. The van der Waals surface area contributed by atoms with Crippen molar-refractivity contribution in [3.63, 3.8) is 0 Å². The molecule has 22 heavy (non-hydrogen) atoms. The average Bonchev–Trinajstić information content (AvgIpc) is 2.96. The van der Waals surface area contributed by atoms with Crippen LogP contribution in [0.4, 0.5) is 5.13 Å². The first-order valence-corrected chi connectivity index (χ1v) is 8.64. The van der Waals surface area contributed by atoms with Crippen molar-refractivity contribution in [1.82, 2.24) is 4.98 Å². The second-order valence-electron chi connectivity index (χ2n) is 4.51. The molecule has 0 aliphatic rings. The summed E-state index contributed by atoms with van der Waals surface area (Å²) in [4.78, 5) is 17.9. The molecule has 0 saturated carbocycles. The Morgan fingerprint density at radius 2 is 2.09 bits per heavy atom. The molecule has 1 amide bonds. The van der Waals surface area contributed by atoms with Crippen molar-refractivity contribution in [2.45, 2.75) is 4.90 Å². The average molecular weight is 330 g/mol. The molecule has 3 rings (SSSR count). The van der Waals surface area contributed by atoms with Gasteiger partial charge in [-0.25, -0.2) is 4.98 Å². The normalized spacial score (nSPS) is 10.6. The number of carbonyl (C=O) groups excluding carboxylic acids is 1. The highest BCUT2D eigenvalue weighted by atomic mass is 32.2. The number of thioether (sulfide) groups is 1. The zero-order valence-corrected chi connectivity index (χ0v) is 13.8. The molecule has 1 N–H and O–H groups in total. The van der Waals surface area contributed by atoms with E-state index in [0.29, 0.717) is 16.4 Å². The maximum absolute atomic E-state index is 12.4. The third-order valence-corrected chi connectivity index (χ3v) is 4.84. The van der Waals surface area contributed by atoms with Gasteiger partial charge in [0, 0.05) is 4.90 Å². The van der Waals surface area contributed by atoms with E-state index in [0.717, 1.165) is 15.1 Å². The lowest BCUT2D eigenvalue weighted by Crippen LogP contribution is -2.13. The highest BCUT2D eigenvalue weighted by Gasteiger charge is 2.15. The SMILES string of the molecule is COc1cc(SC)ccc1C(=O)Nc1nc2ccccc2s1. The number of carbonyl (C=O) groups is 1. The molecule has 6 heteroatoms. The molecular weight excluding hydrogens is 316 g/mol. The van der Waals surface area contributed by atoms with Gasteiger partial charge in [0.2, 0.25) is 0 Å². The lowest BCUT2D eigenvalue weighted by molar-refractivity contribution is 0.102. The molecule has 0 atom stereocenters. The molecule has 0 spiro atoms. The number of nitrogens with zero attached hydrogens (tertiary/aromatic N) is 1. The van der Waals surface area contributed by atoms with Gasteiger partial charge in [0.1, 0.15) is 5.75 Å². The number of amides is 1. The number of benzene rings is 2. The lowest BCUT2D eigenvalue weighted by Gasteiger charge is -2.09. The highest BCUT2D eigenvalue weighted by Crippen LogP contribution is 2.28. The first-order valence-electron chi connectivity index (χ1n) is 6.60. The molecule has 3 aromatic rings. The summed E-state index contributed by atoms with van der Waals surface area (Å²) in [5.74, 6) is 0.342. The summed E-state index contributed by atoms with van der Waals surface area (Å²) < 4.78 is 6.36. The molecule has 0 fully saturated rings. The van der Waals surface area contributed by atoms with Crippen LogP contribution in [-0.2, 0) is 0 Å².